The van der Waals surface area contributed by atoms with E-state index in [-0.39, 0.29) is 64.6 Å². The van der Waals surface area contributed by atoms with E-state index in [4.69, 9.17) is 0 Å². The molecule has 1 aromatic rings. The number of aromatic amines is 1. The largest absolute Gasteiger partial charge is 0.389 e. The van der Waals surface area contributed by atoms with Crippen LogP contribution in [0.3, 0.4) is 0 Å². The Kier molecular flexibility index (Phi) is 104. The van der Waals surface area contributed by atoms with Crippen molar-refractivity contribution in [3.63, 3.8) is 0 Å². The lowest BCUT2D eigenvalue weighted by Gasteiger charge is -2.27. The van der Waals surface area contributed by atoms with Crippen LogP contribution in [0.1, 0.15) is 399 Å². The van der Waals surface area contributed by atoms with Crippen LogP contribution in [0.25, 0.3) is 0 Å². The quantitative estimate of drug-likeness (QED) is 0.115. The Hall–Kier alpha value is -5.82. The summed E-state index contributed by atoms with van der Waals surface area (Å²) in [5.74, 6) is 9.05. The van der Waals surface area contributed by atoms with Gasteiger partial charge in [0.15, 0.2) is 0 Å². The van der Waals surface area contributed by atoms with E-state index in [0.717, 1.165) is 182 Å². The molecule has 19 heteroatoms. The SMILES string of the molecule is C=C1CC(C(C)C)C(=O)N1.C=C1CCC(C(C)C)C(=O)N1.C=C1CCC(C(C)C)C(=O)N1.C=C1CCC(C(C)C)C(=O)N1.C=C1CCC(C(C)C)CN1.C=C1NCC(C(C)C)S1.C=C1NCC(C(C)C)S1.CC.CC.CC.CC.CC.CC.CC.CC.CC.CC.CC(C)C.CC(C)C1CCCCC1=O.CC(C)n1ccc(=O)[nH]c1=O.O=C1CCCC1. The van der Waals surface area contributed by atoms with Crippen LogP contribution in [0.5, 0.6) is 0 Å². The maximum absolute atomic E-state index is 11.3. The topological polar surface area (TPSA) is 241 Å². The fourth-order valence-electron chi connectivity index (χ4n) is 11.9. The average Bonchev–Trinajstić information content (AvgIpc) is 1.55. The van der Waals surface area contributed by atoms with Gasteiger partial charge in [0.1, 0.15) is 11.6 Å². The Bertz CT molecular complexity index is 2790. The highest BCUT2D eigenvalue weighted by atomic mass is 32.2. The van der Waals surface area contributed by atoms with Crippen molar-refractivity contribution >= 4 is 58.7 Å². The molecule has 8 atom stereocenters. The van der Waals surface area contributed by atoms with Gasteiger partial charge in [-0.05, 0) is 156 Å². The van der Waals surface area contributed by atoms with Crippen molar-refractivity contribution in [2.24, 2.45) is 88.8 Å². The number of nitrogens with one attached hydrogen (secondary N) is 8. The maximum atomic E-state index is 11.3. The summed E-state index contributed by atoms with van der Waals surface area (Å²) in [7, 11) is 0. The predicted octanol–water partition coefficient (Wildman–Crippen LogP) is 27.7. The highest BCUT2D eigenvalue weighted by Crippen LogP contribution is 2.32. The average molecular weight is 1760 g/mol. The first kappa shape index (κ1) is 139. The molecule has 8 N–H and O–H groups in total. The summed E-state index contributed by atoms with van der Waals surface area (Å²) in [6.45, 7) is 115. The number of nitrogens with zero attached hydrogens (tertiary/aromatic N) is 1. The van der Waals surface area contributed by atoms with Crippen LogP contribution in [-0.2, 0) is 28.8 Å². The lowest BCUT2D eigenvalue weighted by molar-refractivity contribution is -0.127. The van der Waals surface area contributed by atoms with Crippen molar-refractivity contribution in [3.8, 4) is 0 Å². The third-order valence-electron chi connectivity index (χ3n) is 18.9. The molecule has 0 radical (unpaired) electrons. The fourth-order valence-corrected chi connectivity index (χ4v) is 13.9. The van der Waals surface area contributed by atoms with Gasteiger partial charge in [-0.3, -0.25) is 43.1 Å². The maximum Gasteiger partial charge on any atom is 0.328 e. The first-order valence-corrected chi connectivity index (χ1v) is 50.2. The molecular formula is C103H205N9O8S2. The van der Waals surface area contributed by atoms with Crippen LogP contribution >= 0.6 is 23.5 Å². The molecule has 10 rings (SSSR count). The lowest BCUT2D eigenvalue weighted by Crippen LogP contribution is -2.37. The van der Waals surface area contributed by atoms with E-state index in [0.29, 0.717) is 47.1 Å². The van der Waals surface area contributed by atoms with Crippen molar-refractivity contribution in [2.75, 3.05) is 19.6 Å². The van der Waals surface area contributed by atoms with Crippen LogP contribution in [0.2, 0.25) is 0 Å². The molecule has 9 aliphatic rings. The summed E-state index contributed by atoms with van der Waals surface area (Å²) in [6, 6.07) is 1.42. The molecule has 0 aromatic carbocycles. The van der Waals surface area contributed by atoms with Crippen LogP contribution in [0, 0.1) is 88.8 Å². The van der Waals surface area contributed by atoms with Crippen LogP contribution in [0.4, 0.5) is 0 Å². The molecular weight excluding hydrogens is 1560 g/mol. The number of piperidine rings is 4. The van der Waals surface area contributed by atoms with E-state index < -0.39 is 0 Å². The number of hydrogen-bond donors (Lipinski definition) is 8. The lowest BCUT2D eigenvalue weighted by atomic mass is 9.81. The van der Waals surface area contributed by atoms with Crippen molar-refractivity contribution < 1.29 is 28.8 Å². The van der Waals surface area contributed by atoms with E-state index in [1.807, 2.05) is 176 Å². The van der Waals surface area contributed by atoms with Crippen molar-refractivity contribution in [1.29, 1.82) is 0 Å². The molecule has 17 nitrogen and oxygen atoms in total. The van der Waals surface area contributed by atoms with Gasteiger partial charge in [0.25, 0.3) is 5.56 Å². The molecule has 722 valence electrons. The number of amides is 4. The monoisotopic (exact) mass is 1760 g/mol. The van der Waals surface area contributed by atoms with Crippen molar-refractivity contribution in [1.82, 2.24) is 46.8 Å². The molecule has 9 fully saturated rings. The highest BCUT2D eigenvalue weighted by Gasteiger charge is 2.31. The minimum absolute atomic E-state index is 0.0827. The first-order valence-electron chi connectivity index (χ1n) is 48.4. The van der Waals surface area contributed by atoms with Crippen LogP contribution in [-0.4, -0.2) is 74.9 Å². The molecule has 0 bridgehead atoms. The minimum atomic E-state index is -0.355. The highest BCUT2D eigenvalue weighted by molar-refractivity contribution is 8.04. The van der Waals surface area contributed by atoms with Gasteiger partial charge in [0.05, 0.1) is 10.1 Å². The second kappa shape index (κ2) is 91.4. The Morgan fingerprint density at radius 1 is 0.328 bits per heavy atom. The number of allylic oxidation sites excluding steroid dienone is 5. The molecule has 122 heavy (non-hydrogen) atoms. The number of H-pyrrole nitrogens is 1. The van der Waals surface area contributed by atoms with E-state index in [1.54, 1.807) is 0 Å². The zero-order valence-corrected chi connectivity index (χ0v) is 89.3. The third-order valence-corrected chi connectivity index (χ3v) is 21.8. The molecule has 4 amide bonds. The summed E-state index contributed by atoms with van der Waals surface area (Å²) < 4.78 is 1.46. The van der Waals surface area contributed by atoms with E-state index in [2.05, 4.69) is 220 Å². The van der Waals surface area contributed by atoms with Crippen LogP contribution < -0.4 is 48.5 Å². The predicted molar refractivity (Wildman–Crippen MR) is 547 cm³/mol. The van der Waals surface area contributed by atoms with Gasteiger partial charge in [-0.1, -0.05) is 322 Å². The number of rotatable bonds is 9. The Balaban J connectivity index is -0.000000121. The normalized spacial score (nSPS) is 20.3. The van der Waals surface area contributed by atoms with E-state index >= 15 is 0 Å². The second-order valence-electron chi connectivity index (χ2n) is 32.2. The molecule has 8 unspecified atom stereocenters. The van der Waals surface area contributed by atoms with Gasteiger partial charge < -0.3 is 37.2 Å². The molecule has 8 heterocycles. The van der Waals surface area contributed by atoms with Crippen molar-refractivity contribution in [2.45, 2.75) is 410 Å². The van der Waals surface area contributed by atoms with E-state index in [9.17, 15) is 38.4 Å². The number of hydrogen-bond acceptors (Lipinski definition) is 13. The smallest absolute Gasteiger partial charge is 0.328 e. The summed E-state index contributed by atoms with van der Waals surface area (Å²) in [6.07, 6.45) is 18.8. The number of carbonyl (C=O) groups excluding carboxylic acids is 6. The second-order valence-corrected chi connectivity index (χ2v) is 34.8. The Morgan fingerprint density at radius 3 is 0.820 bits per heavy atom. The molecule has 2 aliphatic carbocycles. The number of thioether (sulfide) groups is 2. The van der Waals surface area contributed by atoms with Gasteiger partial charge in [-0.2, -0.15) is 0 Å². The standard InChI is InChI=1S/3C9H15NO.C9H17N.C9H16O.C8H13NO.C7H10N2O2.2C7H13NS.C5H8O.C4H10.10C2H6/c3*1-6(2)8-5-4-7(3)10-9(8)11;1-7(2)9-5-4-8(3)10-6-9;1-7(2)8-5-3-4-6-9(8)10;1-5(2)7-4-6(3)9-8(7)10;1-5(2)9-4-3-6(10)8-7(9)11;2*1-5(2)7-4-8-6(3)9-7;6-5-3-1-2-4-5;1-4(2)3;10*1-2/h3*6,8H,3-5H2,1-2H3,(H,10,11);7,9-10H,3-6H2,1-2H3;7-8H,3-6H2,1-2H3;5,7H,3-4H2,1-2H3,(H,9,10);3-5H,1-2H3,(H,8,10,11);2*5,7-8H,3-4H2,1-2H3;1-4H2;4H,1-3H3;10*1-2H3. The van der Waals surface area contributed by atoms with Gasteiger partial charge in [-0.25, -0.2) is 4.79 Å². The number of Topliss-reactive ketones (excluding diaryl/α,β-unsaturated/α-hetero) is 2. The summed E-state index contributed by atoms with van der Waals surface area (Å²) in [5.41, 5.74) is 3.98. The van der Waals surface area contributed by atoms with Gasteiger partial charge in [0, 0.05) is 126 Å². The Morgan fingerprint density at radius 2 is 0.631 bits per heavy atom. The summed E-state index contributed by atoms with van der Waals surface area (Å²) in [4.78, 5) is 90.1. The number of carbonyl (C=O) groups is 6. The molecule has 7 saturated heterocycles. The van der Waals surface area contributed by atoms with E-state index in [1.165, 1.54) is 41.8 Å². The van der Waals surface area contributed by atoms with Gasteiger partial charge in [0.2, 0.25) is 23.6 Å². The molecule has 7 aliphatic heterocycles. The van der Waals surface area contributed by atoms with Gasteiger partial charge >= 0.3 is 5.69 Å². The molecule has 2 saturated carbocycles. The third kappa shape index (κ3) is 74.4. The minimum Gasteiger partial charge on any atom is -0.389 e. The first-order chi connectivity index (χ1) is 57.5. The van der Waals surface area contributed by atoms with Crippen LogP contribution in [0.15, 0.2) is 106 Å². The molecule has 0 spiro atoms. The van der Waals surface area contributed by atoms with Crippen molar-refractivity contribution in [3.05, 3.63) is 118 Å². The summed E-state index contributed by atoms with van der Waals surface area (Å²) >= 11 is 3.74. The molecule has 1 aromatic heterocycles. The summed E-state index contributed by atoms with van der Waals surface area (Å²) in [5, 5.41) is 24.6. The Labute approximate surface area is 765 Å². The fraction of sp³-hybridized carbons (Fsp3) is 0.767. The van der Waals surface area contributed by atoms with Gasteiger partial charge in [-0.15, -0.1) is 23.5 Å². The number of ketones is 2. The zero-order valence-electron chi connectivity index (χ0n) is 87.7. The number of aromatic nitrogens is 2. The zero-order chi connectivity index (χ0) is 98.3.